The summed E-state index contributed by atoms with van der Waals surface area (Å²) in [5.74, 6) is 0.657. The maximum Gasteiger partial charge on any atom is 0.211 e. The van der Waals surface area contributed by atoms with Crippen molar-refractivity contribution in [2.24, 2.45) is 0 Å². The molecule has 0 atom stereocenters. The van der Waals surface area contributed by atoms with E-state index in [1.54, 1.807) is 0 Å². The second-order valence-corrected chi connectivity index (χ2v) is 11.8. The zero-order valence-corrected chi connectivity index (χ0v) is 23.4. The number of ether oxygens (including phenoxy) is 1. The van der Waals surface area contributed by atoms with Crippen LogP contribution in [-0.4, -0.2) is 25.6 Å². The molecule has 7 heteroatoms. The Morgan fingerprint density at radius 3 is 2.11 bits per heavy atom. The number of sulfonamides is 1. The predicted molar refractivity (Wildman–Crippen MR) is 145 cm³/mol. The molecule has 1 heterocycles. The van der Waals surface area contributed by atoms with Crippen molar-refractivity contribution in [1.29, 1.82) is 0 Å². The van der Waals surface area contributed by atoms with E-state index in [4.69, 9.17) is 16.3 Å². The molecular weight excluding hydrogens is 480 g/mol. The van der Waals surface area contributed by atoms with E-state index >= 15 is 0 Å². The van der Waals surface area contributed by atoms with Gasteiger partial charge in [-0.1, -0.05) is 82.4 Å². The van der Waals surface area contributed by atoms with Crippen molar-refractivity contribution >= 4 is 21.6 Å². The van der Waals surface area contributed by atoms with Crippen LogP contribution in [0.15, 0.2) is 42.7 Å². The molecule has 0 amide bonds. The van der Waals surface area contributed by atoms with Gasteiger partial charge in [-0.3, -0.25) is 0 Å². The highest BCUT2D eigenvalue weighted by atomic mass is 35.5. The maximum atomic E-state index is 12.4. The molecule has 0 spiro atoms. The summed E-state index contributed by atoms with van der Waals surface area (Å²) in [5, 5.41) is 0.520. The van der Waals surface area contributed by atoms with E-state index in [1.807, 2.05) is 47.3 Å². The van der Waals surface area contributed by atoms with E-state index in [-0.39, 0.29) is 6.54 Å². The molecule has 0 aliphatic heterocycles. The largest absolute Gasteiger partial charge is 0.492 e. The van der Waals surface area contributed by atoms with Crippen LogP contribution in [0.5, 0.6) is 5.75 Å². The summed E-state index contributed by atoms with van der Waals surface area (Å²) in [6.45, 7) is 6.37. The summed E-state index contributed by atoms with van der Waals surface area (Å²) < 4.78 is 34.3. The third-order valence-electron chi connectivity index (χ3n) is 6.22. The molecule has 0 fully saturated rings. The van der Waals surface area contributed by atoms with Crippen molar-refractivity contribution in [2.75, 3.05) is 12.9 Å². The Kier molecular flexibility index (Phi) is 13.7. The van der Waals surface area contributed by atoms with Gasteiger partial charge in [0.1, 0.15) is 12.3 Å². The van der Waals surface area contributed by atoms with Crippen LogP contribution in [-0.2, 0) is 29.7 Å². The van der Waals surface area contributed by atoms with Gasteiger partial charge in [-0.25, -0.2) is 13.0 Å². The number of nitrogens with zero attached hydrogens (tertiary/aromatic N) is 2. The number of rotatable bonds is 18. The van der Waals surface area contributed by atoms with Crippen LogP contribution in [0.1, 0.15) is 89.2 Å². The third kappa shape index (κ3) is 11.8. The Hall–Kier alpha value is -1.63. The molecule has 1 aromatic heterocycles. The number of pyridine rings is 1. The molecule has 0 aliphatic carbocycles. The number of aryl methyl sites for hydroxylation is 1. The SMILES string of the molecule is CCCCCCCCCCCCOc1ccc(CN(Cc2ccc[n+](CC)c2)S(C)(=O)=O)cc1Cl. The Morgan fingerprint density at radius 1 is 0.886 bits per heavy atom. The number of aromatic nitrogens is 1. The van der Waals surface area contributed by atoms with E-state index in [1.165, 1.54) is 68.3 Å². The number of hydrogen-bond acceptors (Lipinski definition) is 3. The van der Waals surface area contributed by atoms with Gasteiger partial charge < -0.3 is 4.74 Å². The number of benzene rings is 1. The minimum Gasteiger partial charge on any atom is -0.492 e. The molecule has 0 unspecified atom stereocenters. The fourth-order valence-electron chi connectivity index (χ4n) is 4.10. The molecule has 0 N–H and O–H groups in total. The van der Waals surface area contributed by atoms with Crippen LogP contribution >= 0.6 is 11.6 Å². The van der Waals surface area contributed by atoms with E-state index in [2.05, 4.69) is 13.8 Å². The Labute approximate surface area is 218 Å². The van der Waals surface area contributed by atoms with Gasteiger partial charge in [0.05, 0.1) is 17.9 Å². The minimum absolute atomic E-state index is 0.262. The lowest BCUT2D eigenvalue weighted by Gasteiger charge is -2.20. The van der Waals surface area contributed by atoms with Crippen molar-refractivity contribution in [3.63, 3.8) is 0 Å². The zero-order valence-electron chi connectivity index (χ0n) is 21.8. The van der Waals surface area contributed by atoms with Crippen molar-refractivity contribution in [3.8, 4) is 5.75 Å². The van der Waals surface area contributed by atoms with Crippen molar-refractivity contribution in [2.45, 2.75) is 97.7 Å². The second-order valence-electron chi connectivity index (χ2n) is 9.37. The number of halogens is 1. The van der Waals surface area contributed by atoms with Crippen LogP contribution in [0.4, 0.5) is 0 Å². The van der Waals surface area contributed by atoms with Crippen LogP contribution in [0.25, 0.3) is 0 Å². The van der Waals surface area contributed by atoms with Gasteiger partial charge in [-0.2, -0.15) is 4.31 Å². The minimum atomic E-state index is -3.39. The van der Waals surface area contributed by atoms with Crippen LogP contribution in [0.2, 0.25) is 5.02 Å². The fourth-order valence-corrected chi connectivity index (χ4v) is 5.12. The Bertz CT molecular complexity index is 982. The number of unbranched alkanes of at least 4 members (excludes halogenated alkanes) is 9. The Balaban J connectivity index is 1.79. The standard InChI is InChI=1S/C28H44ClN2O3S/c1-4-6-7-8-9-10-11-12-13-14-20-34-28-18-17-25(21-27(28)29)23-31(35(3,32)33)24-26-16-15-19-30(5-2)22-26/h15-19,21-22H,4-14,20,23-24H2,1-3H3/q+1. The van der Waals surface area contributed by atoms with Crippen LogP contribution in [0.3, 0.4) is 0 Å². The lowest BCUT2D eigenvalue weighted by molar-refractivity contribution is -0.694. The second kappa shape index (κ2) is 16.2. The maximum absolute atomic E-state index is 12.4. The molecule has 0 saturated heterocycles. The van der Waals surface area contributed by atoms with Crippen LogP contribution in [0, 0.1) is 0 Å². The first kappa shape index (κ1) is 29.6. The molecule has 0 radical (unpaired) electrons. The smallest absolute Gasteiger partial charge is 0.211 e. The third-order valence-corrected chi connectivity index (χ3v) is 7.71. The first-order valence-electron chi connectivity index (χ1n) is 13.2. The zero-order chi connectivity index (χ0) is 25.5. The quantitative estimate of drug-likeness (QED) is 0.157. The van der Waals surface area contributed by atoms with Gasteiger partial charge in [0.25, 0.3) is 0 Å². The lowest BCUT2D eigenvalue weighted by atomic mass is 10.1. The average molecular weight is 524 g/mol. The first-order chi connectivity index (χ1) is 16.8. The highest BCUT2D eigenvalue weighted by Crippen LogP contribution is 2.27. The first-order valence-corrected chi connectivity index (χ1v) is 15.4. The monoisotopic (exact) mass is 523 g/mol. The van der Waals surface area contributed by atoms with Gasteiger partial charge >= 0.3 is 0 Å². The summed E-state index contributed by atoms with van der Waals surface area (Å²) in [4.78, 5) is 0. The predicted octanol–water partition coefficient (Wildman–Crippen LogP) is 6.91. The average Bonchev–Trinajstić information content (AvgIpc) is 2.83. The molecule has 0 bridgehead atoms. The summed E-state index contributed by atoms with van der Waals surface area (Å²) >= 11 is 6.46. The molecule has 2 rings (SSSR count). The summed E-state index contributed by atoms with van der Waals surface area (Å²) in [6.07, 6.45) is 18.1. The van der Waals surface area contributed by atoms with Gasteiger partial charge in [0.15, 0.2) is 12.4 Å². The van der Waals surface area contributed by atoms with E-state index < -0.39 is 10.0 Å². The van der Waals surface area contributed by atoms with Gasteiger partial charge in [-0.05, 0) is 37.1 Å². The molecule has 35 heavy (non-hydrogen) atoms. The highest BCUT2D eigenvalue weighted by molar-refractivity contribution is 7.88. The summed E-state index contributed by atoms with van der Waals surface area (Å²) in [5.41, 5.74) is 1.79. The van der Waals surface area contributed by atoms with E-state index in [0.717, 1.165) is 24.1 Å². The summed E-state index contributed by atoms with van der Waals surface area (Å²) in [7, 11) is -3.39. The number of hydrogen-bond donors (Lipinski definition) is 0. The Morgan fingerprint density at radius 2 is 1.51 bits per heavy atom. The van der Waals surface area contributed by atoms with Crippen LogP contribution < -0.4 is 9.30 Å². The topological polar surface area (TPSA) is 50.5 Å². The molecule has 0 aliphatic rings. The van der Waals surface area contributed by atoms with Gasteiger partial charge in [0, 0.05) is 24.7 Å². The van der Waals surface area contributed by atoms with Gasteiger partial charge in [-0.15, -0.1) is 0 Å². The molecule has 1 aromatic carbocycles. The van der Waals surface area contributed by atoms with E-state index in [9.17, 15) is 8.42 Å². The molecule has 196 valence electrons. The molecule has 0 saturated carbocycles. The molecule has 2 aromatic rings. The summed E-state index contributed by atoms with van der Waals surface area (Å²) in [6, 6.07) is 9.45. The molecular formula is C28H44ClN2O3S+. The van der Waals surface area contributed by atoms with Crippen molar-refractivity contribution in [1.82, 2.24) is 4.31 Å². The normalized spacial score (nSPS) is 11.8. The van der Waals surface area contributed by atoms with Gasteiger partial charge in [0.2, 0.25) is 10.0 Å². The highest BCUT2D eigenvalue weighted by Gasteiger charge is 2.19. The van der Waals surface area contributed by atoms with Crippen molar-refractivity contribution in [3.05, 3.63) is 58.9 Å². The fraction of sp³-hybridized carbons (Fsp3) is 0.607. The molecule has 5 nitrogen and oxygen atoms in total. The lowest BCUT2D eigenvalue weighted by Crippen LogP contribution is -2.34. The van der Waals surface area contributed by atoms with E-state index in [0.29, 0.717) is 23.9 Å². The van der Waals surface area contributed by atoms with Crippen molar-refractivity contribution < 1.29 is 17.7 Å².